The Morgan fingerprint density at radius 3 is 2.50 bits per heavy atom. The van der Waals surface area contributed by atoms with E-state index in [0.717, 1.165) is 24.8 Å². The SMILES string of the molecule is O=C1c2c(cccc2O[C@@H]2CCCC[C@H]2O)CN1Cc1ccc(OC(F)(F)F)cc1. The number of ether oxygens (including phenoxy) is 2. The third-order valence-electron chi connectivity index (χ3n) is 5.45. The predicted molar refractivity (Wildman–Crippen MR) is 102 cm³/mol. The highest BCUT2D eigenvalue weighted by molar-refractivity contribution is 6.01. The van der Waals surface area contributed by atoms with E-state index in [9.17, 15) is 23.1 Å². The molecule has 5 nitrogen and oxygen atoms in total. The second-order valence-corrected chi connectivity index (χ2v) is 7.65. The molecule has 2 aliphatic rings. The van der Waals surface area contributed by atoms with Crippen molar-refractivity contribution in [3.05, 3.63) is 59.2 Å². The second-order valence-electron chi connectivity index (χ2n) is 7.65. The van der Waals surface area contributed by atoms with Gasteiger partial charge in [-0.05, 0) is 48.6 Å². The van der Waals surface area contributed by atoms with Gasteiger partial charge >= 0.3 is 6.36 Å². The van der Waals surface area contributed by atoms with Gasteiger partial charge in [0.15, 0.2) is 0 Å². The molecule has 160 valence electrons. The van der Waals surface area contributed by atoms with Crippen LogP contribution in [0.3, 0.4) is 0 Å². The first-order chi connectivity index (χ1) is 14.3. The number of amides is 1. The molecule has 30 heavy (non-hydrogen) atoms. The Hall–Kier alpha value is -2.74. The highest BCUT2D eigenvalue weighted by Crippen LogP contribution is 2.34. The fraction of sp³-hybridized carbons (Fsp3) is 0.409. The van der Waals surface area contributed by atoms with Crippen LogP contribution in [0.15, 0.2) is 42.5 Å². The maximum atomic E-state index is 13.0. The molecule has 0 radical (unpaired) electrons. The zero-order valence-electron chi connectivity index (χ0n) is 16.2. The normalized spacial score (nSPS) is 21.5. The third-order valence-corrected chi connectivity index (χ3v) is 5.45. The van der Waals surface area contributed by atoms with Gasteiger partial charge in [-0.1, -0.05) is 30.7 Å². The lowest BCUT2D eigenvalue weighted by Gasteiger charge is -2.28. The van der Waals surface area contributed by atoms with Crippen LogP contribution in [0.2, 0.25) is 0 Å². The number of fused-ring (bicyclic) bond motifs is 1. The van der Waals surface area contributed by atoms with Crippen LogP contribution in [0, 0.1) is 0 Å². The van der Waals surface area contributed by atoms with Crippen molar-refractivity contribution < 1.29 is 32.5 Å². The number of benzene rings is 2. The summed E-state index contributed by atoms with van der Waals surface area (Å²) in [4.78, 5) is 14.6. The molecule has 8 heteroatoms. The maximum Gasteiger partial charge on any atom is 0.573 e. The van der Waals surface area contributed by atoms with Crippen LogP contribution in [0.25, 0.3) is 0 Å². The van der Waals surface area contributed by atoms with E-state index in [1.807, 2.05) is 12.1 Å². The van der Waals surface area contributed by atoms with Gasteiger partial charge in [0.2, 0.25) is 0 Å². The molecule has 0 saturated heterocycles. The molecule has 0 bridgehead atoms. The number of carbonyl (C=O) groups excluding carboxylic acids is 1. The van der Waals surface area contributed by atoms with Gasteiger partial charge in [0.25, 0.3) is 5.91 Å². The zero-order valence-corrected chi connectivity index (χ0v) is 16.2. The summed E-state index contributed by atoms with van der Waals surface area (Å²) in [7, 11) is 0. The van der Waals surface area contributed by atoms with Gasteiger partial charge in [-0.2, -0.15) is 0 Å². The lowest BCUT2D eigenvalue weighted by atomic mass is 9.94. The fourth-order valence-corrected chi connectivity index (χ4v) is 4.01. The van der Waals surface area contributed by atoms with Crippen LogP contribution in [0.4, 0.5) is 13.2 Å². The molecule has 0 unspecified atom stereocenters. The summed E-state index contributed by atoms with van der Waals surface area (Å²) in [6, 6.07) is 10.9. The molecule has 1 N–H and O–H groups in total. The topological polar surface area (TPSA) is 59.0 Å². The Morgan fingerprint density at radius 2 is 1.80 bits per heavy atom. The molecule has 0 spiro atoms. The van der Waals surface area contributed by atoms with Crippen LogP contribution in [-0.2, 0) is 13.1 Å². The van der Waals surface area contributed by atoms with Crippen molar-refractivity contribution in [2.24, 2.45) is 0 Å². The van der Waals surface area contributed by atoms with Crippen molar-refractivity contribution in [2.75, 3.05) is 0 Å². The number of nitrogens with zero attached hydrogens (tertiary/aromatic N) is 1. The van der Waals surface area contributed by atoms with Crippen LogP contribution < -0.4 is 9.47 Å². The minimum absolute atomic E-state index is 0.193. The number of carbonyl (C=O) groups is 1. The number of halogens is 3. The Bertz CT molecular complexity index is 914. The molecule has 2 aromatic rings. The summed E-state index contributed by atoms with van der Waals surface area (Å²) in [5.41, 5.74) is 2.02. The van der Waals surface area contributed by atoms with Crippen LogP contribution in [0.5, 0.6) is 11.5 Å². The van der Waals surface area contributed by atoms with Gasteiger partial charge < -0.3 is 19.5 Å². The van der Waals surface area contributed by atoms with Crippen molar-refractivity contribution in [1.29, 1.82) is 0 Å². The van der Waals surface area contributed by atoms with E-state index < -0.39 is 12.5 Å². The monoisotopic (exact) mass is 421 g/mol. The summed E-state index contributed by atoms with van der Waals surface area (Å²) >= 11 is 0. The van der Waals surface area contributed by atoms with Gasteiger partial charge in [0.1, 0.15) is 17.6 Å². The van der Waals surface area contributed by atoms with Crippen molar-refractivity contribution in [3.8, 4) is 11.5 Å². The molecule has 4 rings (SSSR count). The number of alkyl halides is 3. The summed E-state index contributed by atoms with van der Waals surface area (Å²) in [6.45, 7) is 0.644. The average molecular weight is 421 g/mol. The van der Waals surface area contributed by atoms with Crippen LogP contribution in [-0.4, -0.2) is 34.5 Å². The maximum absolute atomic E-state index is 13.0. The molecule has 1 fully saturated rings. The first-order valence-electron chi connectivity index (χ1n) is 9.91. The van der Waals surface area contributed by atoms with Gasteiger partial charge in [0, 0.05) is 13.1 Å². The third kappa shape index (κ3) is 4.53. The number of rotatable bonds is 5. The van der Waals surface area contributed by atoms with E-state index in [-0.39, 0.29) is 24.3 Å². The lowest BCUT2D eigenvalue weighted by molar-refractivity contribution is -0.274. The number of hydrogen-bond donors (Lipinski definition) is 1. The molecule has 1 aliphatic carbocycles. The van der Waals surface area contributed by atoms with Crippen molar-refractivity contribution >= 4 is 5.91 Å². The van der Waals surface area contributed by atoms with E-state index in [1.165, 1.54) is 24.3 Å². The van der Waals surface area contributed by atoms with E-state index >= 15 is 0 Å². The summed E-state index contributed by atoms with van der Waals surface area (Å²) in [5, 5.41) is 10.2. The summed E-state index contributed by atoms with van der Waals surface area (Å²) < 4.78 is 46.8. The van der Waals surface area contributed by atoms with E-state index in [4.69, 9.17) is 4.74 Å². The van der Waals surface area contributed by atoms with E-state index in [2.05, 4.69) is 4.74 Å². The first kappa shape index (κ1) is 20.5. The minimum Gasteiger partial charge on any atom is -0.487 e. The molecule has 2 aromatic carbocycles. The van der Waals surface area contributed by atoms with Gasteiger partial charge in [-0.3, -0.25) is 4.79 Å². The quantitative estimate of drug-likeness (QED) is 0.776. The molecule has 0 aromatic heterocycles. The Kier molecular flexibility index (Phi) is 5.60. The van der Waals surface area contributed by atoms with Crippen molar-refractivity contribution in [2.45, 2.75) is 57.3 Å². The highest BCUT2D eigenvalue weighted by atomic mass is 19.4. The van der Waals surface area contributed by atoms with Crippen LogP contribution in [0.1, 0.15) is 47.2 Å². The van der Waals surface area contributed by atoms with Gasteiger partial charge in [-0.15, -0.1) is 13.2 Å². The summed E-state index contributed by atoms with van der Waals surface area (Å²) in [6.07, 6.45) is -2.23. The van der Waals surface area contributed by atoms with Crippen LogP contribution >= 0.6 is 0 Å². The zero-order chi connectivity index (χ0) is 21.3. The first-order valence-corrected chi connectivity index (χ1v) is 9.91. The number of aliphatic hydroxyl groups is 1. The Balaban J connectivity index is 1.46. The number of hydrogen-bond acceptors (Lipinski definition) is 4. The molecular formula is C22H22F3NO4. The molecule has 1 heterocycles. The summed E-state index contributed by atoms with van der Waals surface area (Å²) in [5.74, 6) is -0.0228. The average Bonchev–Trinajstić information content (AvgIpc) is 3.00. The van der Waals surface area contributed by atoms with E-state index in [1.54, 1.807) is 11.0 Å². The minimum atomic E-state index is -4.74. The number of aliphatic hydroxyl groups excluding tert-OH is 1. The predicted octanol–water partition coefficient (Wildman–Crippen LogP) is 4.42. The molecule has 1 aliphatic heterocycles. The molecular weight excluding hydrogens is 399 g/mol. The Labute approximate surface area is 172 Å². The van der Waals surface area contributed by atoms with Gasteiger partial charge in [0.05, 0.1) is 11.7 Å². The second kappa shape index (κ2) is 8.18. The van der Waals surface area contributed by atoms with Gasteiger partial charge in [-0.25, -0.2) is 0 Å². The van der Waals surface area contributed by atoms with Crippen molar-refractivity contribution in [3.63, 3.8) is 0 Å². The van der Waals surface area contributed by atoms with Crippen molar-refractivity contribution in [1.82, 2.24) is 4.90 Å². The smallest absolute Gasteiger partial charge is 0.487 e. The highest BCUT2D eigenvalue weighted by Gasteiger charge is 2.33. The lowest BCUT2D eigenvalue weighted by Crippen LogP contribution is -2.35. The standard InChI is InChI=1S/C22H22F3NO4/c23-22(24,25)30-16-10-8-14(9-11-16)12-26-13-15-4-3-7-19(20(15)21(26)28)29-18-6-2-1-5-17(18)27/h3-4,7-11,17-18,27H,1-2,5-6,12-13H2/t17-,18-/m1/s1. The molecule has 1 amide bonds. The Morgan fingerprint density at radius 1 is 1.07 bits per heavy atom. The van der Waals surface area contributed by atoms with E-state index in [0.29, 0.717) is 29.8 Å². The molecule has 1 saturated carbocycles. The largest absolute Gasteiger partial charge is 0.573 e. The molecule has 2 atom stereocenters. The fourth-order valence-electron chi connectivity index (χ4n) is 4.01.